The van der Waals surface area contributed by atoms with Gasteiger partial charge in [0.2, 0.25) is 0 Å². The molecule has 16 heavy (non-hydrogen) atoms. The van der Waals surface area contributed by atoms with E-state index in [9.17, 15) is 9.18 Å². The van der Waals surface area contributed by atoms with Gasteiger partial charge in [0.05, 0.1) is 11.6 Å². The van der Waals surface area contributed by atoms with E-state index in [2.05, 4.69) is 4.98 Å². The van der Waals surface area contributed by atoms with Crippen molar-refractivity contribution in [2.24, 2.45) is 0 Å². The molecule has 3 nitrogen and oxygen atoms in total. The second-order valence-electron chi connectivity index (χ2n) is 3.28. The molecule has 0 atom stereocenters. The Morgan fingerprint density at radius 1 is 1.44 bits per heavy atom. The predicted octanol–water partition coefficient (Wildman–Crippen LogP) is 2.08. The molecule has 0 unspecified atom stereocenters. The molecular weight excluding hydrogens is 231 g/mol. The Balaban J connectivity index is 2.31. The maximum atomic E-state index is 13.1. The number of aromatic nitrogens is 2. The number of hydrogen-bond acceptors (Lipinski definition) is 2. The minimum atomic E-state index is -0.490. The fourth-order valence-electron chi connectivity index (χ4n) is 1.34. The van der Waals surface area contributed by atoms with Gasteiger partial charge in [0, 0.05) is 12.4 Å². The van der Waals surface area contributed by atoms with Crippen molar-refractivity contribution in [1.82, 2.24) is 9.55 Å². The molecule has 0 radical (unpaired) electrons. The van der Waals surface area contributed by atoms with Crippen molar-refractivity contribution in [1.29, 1.82) is 0 Å². The Morgan fingerprint density at radius 2 is 2.25 bits per heavy atom. The van der Waals surface area contributed by atoms with Gasteiger partial charge in [-0.25, -0.2) is 14.2 Å². The Hall–Kier alpha value is -1.68. The third-order valence-corrected chi connectivity index (χ3v) is 2.43. The number of benzene rings is 1. The van der Waals surface area contributed by atoms with Crippen LogP contribution in [0, 0.1) is 5.82 Å². The molecule has 0 saturated carbocycles. The van der Waals surface area contributed by atoms with Gasteiger partial charge in [-0.3, -0.25) is 4.57 Å². The monoisotopic (exact) mass is 238 g/mol. The molecule has 1 aromatic heterocycles. The van der Waals surface area contributed by atoms with E-state index in [1.807, 2.05) is 0 Å². The smallest absolute Gasteiger partial charge is 0.295 e. The van der Waals surface area contributed by atoms with Crippen LogP contribution in [-0.4, -0.2) is 9.55 Å². The van der Waals surface area contributed by atoms with E-state index in [0.717, 1.165) is 0 Å². The molecule has 0 amide bonds. The number of halogens is 2. The van der Waals surface area contributed by atoms with Crippen LogP contribution >= 0.6 is 11.6 Å². The Labute approximate surface area is 96.1 Å². The first-order valence-electron chi connectivity index (χ1n) is 4.62. The first kappa shape index (κ1) is 10.8. The van der Waals surface area contributed by atoms with Crippen LogP contribution < -0.4 is 5.69 Å². The van der Waals surface area contributed by atoms with Gasteiger partial charge in [-0.15, -0.1) is 0 Å². The molecule has 1 aromatic carbocycles. The average molecular weight is 239 g/mol. The first-order chi connectivity index (χ1) is 7.66. The van der Waals surface area contributed by atoms with Crippen LogP contribution in [0.5, 0.6) is 0 Å². The second kappa shape index (κ2) is 4.45. The zero-order chi connectivity index (χ0) is 11.5. The minimum Gasteiger partial charge on any atom is -0.295 e. The third-order valence-electron chi connectivity index (χ3n) is 2.12. The molecule has 5 heteroatoms. The van der Waals surface area contributed by atoms with Gasteiger partial charge in [-0.2, -0.15) is 0 Å². The van der Waals surface area contributed by atoms with Crippen LogP contribution in [0.1, 0.15) is 5.56 Å². The SMILES string of the molecule is O=c1ncccn1Cc1ccc(Cl)c(F)c1. The summed E-state index contributed by atoms with van der Waals surface area (Å²) in [6.45, 7) is 0.279. The lowest BCUT2D eigenvalue weighted by Gasteiger charge is -2.04. The fourth-order valence-corrected chi connectivity index (χ4v) is 1.46. The van der Waals surface area contributed by atoms with Crippen LogP contribution in [0.4, 0.5) is 4.39 Å². The van der Waals surface area contributed by atoms with Gasteiger partial charge in [-0.05, 0) is 23.8 Å². The van der Waals surface area contributed by atoms with E-state index in [1.165, 1.54) is 22.9 Å². The summed E-state index contributed by atoms with van der Waals surface area (Å²) in [4.78, 5) is 14.9. The van der Waals surface area contributed by atoms with Gasteiger partial charge in [0.15, 0.2) is 0 Å². The lowest BCUT2D eigenvalue weighted by atomic mass is 10.2. The van der Waals surface area contributed by atoms with Crippen LogP contribution in [0.2, 0.25) is 5.02 Å². The molecule has 0 bridgehead atoms. The zero-order valence-corrected chi connectivity index (χ0v) is 8.99. The Kier molecular flexibility index (Phi) is 3.01. The molecule has 0 spiro atoms. The van der Waals surface area contributed by atoms with Crippen LogP contribution in [0.15, 0.2) is 41.5 Å². The minimum absolute atomic E-state index is 0.0716. The Bertz CT molecular complexity index is 568. The van der Waals surface area contributed by atoms with Crippen molar-refractivity contribution in [3.8, 4) is 0 Å². The number of rotatable bonds is 2. The molecule has 2 aromatic rings. The van der Waals surface area contributed by atoms with Gasteiger partial charge in [0.25, 0.3) is 0 Å². The topological polar surface area (TPSA) is 34.9 Å². The normalized spacial score (nSPS) is 10.4. The highest BCUT2D eigenvalue weighted by Crippen LogP contribution is 2.15. The summed E-state index contributed by atoms with van der Waals surface area (Å²) in [5.74, 6) is -0.490. The molecule has 2 rings (SSSR count). The lowest BCUT2D eigenvalue weighted by Crippen LogP contribution is -2.21. The molecular formula is C11H8ClFN2O. The van der Waals surface area contributed by atoms with Crippen molar-refractivity contribution >= 4 is 11.6 Å². The quantitative estimate of drug-likeness (QED) is 0.803. The van der Waals surface area contributed by atoms with Crippen molar-refractivity contribution < 1.29 is 4.39 Å². The molecule has 0 aliphatic carbocycles. The summed E-state index contributed by atoms with van der Waals surface area (Å²) < 4.78 is 14.5. The summed E-state index contributed by atoms with van der Waals surface area (Å²) in [5.41, 5.74) is 0.301. The molecule has 0 aliphatic rings. The van der Waals surface area contributed by atoms with Crippen LogP contribution in [0.3, 0.4) is 0 Å². The van der Waals surface area contributed by atoms with Gasteiger partial charge < -0.3 is 0 Å². The van der Waals surface area contributed by atoms with E-state index in [4.69, 9.17) is 11.6 Å². The van der Waals surface area contributed by atoms with E-state index >= 15 is 0 Å². The van der Waals surface area contributed by atoms with Crippen LogP contribution in [0.25, 0.3) is 0 Å². The summed E-state index contributed by atoms with van der Waals surface area (Å²) in [6, 6.07) is 6.09. The van der Waals surface area contributed by atoms with Gasteiger partial charge in [-0.1, -0.05) is 17.7 Å². The van der Waals surface area contributed by atoms with E-state index in [1.54, 1.807) is 18.3 Å². The Morgan fingerprint density at radius 3 is 2.94 bits per heavy atom. The lowest BCUT2D eigenvalue weighted by molar-refractivity contribution is 0.622. The van der Waals surface area contributed by atoms with Crippen molar-refractivity contribution in [3.63, 3.8) is 0 Å². The van der Waals surface area contributed by atoms with Gasteiger partial charge >= 0.3 is 5.69 Å². The number of nitrogens with zero attached hydrogens (tertiary/aromatic N) is 2. The van der Waals surface area contributed by atoms with Gasteiger partial charge in [0.1, 0.15) is 5.82 Å². The molecule has 82 valence electrons. The fraction of sp³-hybridized carbons (Fsp3) is 0.0909. The highest BCUT2D eigenvalue weighted by Gasteiger charge is 2.02. The first-order valence-corrected chi connectivity index (χ1v) is 5.00. The largest absolute Gasteiger partial charge is 0.347 e. The molecule has 0 fully saturated rings. The van der Waals surface area contributed by atoms with E-state index in [-0.39, 0.29) is 17.3 Å². The van der Waals surface area contributed by atoms with Crippen molar-refractivity contribution in [2.75, 3.05) is 0 Å². The maximum Gasteiger partial charge on any atom is 0.347 e. The van der Waals surface area contributed by atoms with E-state index < -0.39 is 5.82 Å². The summed E-state index contributed by atoms with van der Waals surface area (Å²) >= 11 is 5.56. The zero-order valence-electron chi connectivity index (χ0n) is 8.23. The predicted molar refractivity (Wildman–Crippen MR) is 59.0 cm³/mol. The van der Waals surface area contributed by atoms with Crippen molar-refractivity contribution in [2.45, 2.75) is 6.54 Å². The highest BCUT2D eigenvalue weighted by molar-refractivity contribution is 6.30. The summed E-state index contributed by atoms with van der Waals surface area (Å²) in [6.07, 6.45) is 3.02. The van der Waals surface area contributed by atoms with E-state index in [0.29, 0.717) is 5.56 Å². The summed E-state index contributed by atoms with van der Waals surface area (Å²) in [7, 11) is 0. The standard InChI is InChI=1S/C11H8ClFN2O/c12-9-3-2-8(6-10(9)13)7-15-5-1-4-14-11(15)16/h1-6H,7H2. The maximum absolute atomic E-state index is 13.1. The molecule has 1 heterocycles. The molecule has 0 saturated heterocycles. The van der Waals surface area contributed by atoms with Crippen LogP contribution in [-0.2, 0) is 6.54 Å². The summed E-state index contributed by atoms with van der Waals surface area (Å²) in [5, 5.41) is 0.0716. The second-order valence-corrected chi connectivity index (χ2v) is 3.69. The average Bonchev–Trinajstić information content (AvgIpc) is 2.27. The molecule has 0 N–H and O–H groups in total. The van der Waals surface area contributed by atoms with Crippen molar-refractivity contribution in [3.05, 3.63) is 63.5 Å². The third kappa shape index (κ3) is 2.28. The highest BCUT2D eigenvalue weighted by atomic mass is 35.5. The molecule has 0 aliphatic heterocycles. The number of hydrogen-bond donors (Lipinski definition) is 0.